The van der Waals surface area contributed by atoms with Crippen molar-refractivity contribution in [3.8, 4) is 0 Å². The zero-order valence-electron chi connectivity index (χ0n) is 10.9. The maximum Gasteiger partial charge on any atom is 0.295 e. The highest BCUT2D eigenvalue weighted by Crippen LogP contribution is 2.34. The minimum Gasteiger partial charge on any atom is -0.373 e. The van der Waals surface area contributed by atoms with Crippen LogP contribution in [0.2, 0.25) is 5.02 Å². The maximum absolute atomic E-state index is 11.0. The highest BCUT2D eigenvalue weighted by Gasteiger charge is 2.18. The van der Waals surface area contributed by atoms with Crippen LogP contribution in [0.3, 0.4) is 0 Å². The number of fused-ring (bicyclic) bond motifs is 1. The fourth-order valence-electron chi connectivity index (χ4n) is 2.01. The van der Waals surface area contributed by atoms with Crippen molar-refractivity contribution in [2.45, 2.75) is 19.8 Å². The third-order valence-electron chi connectivity index (χ3n) is 2.99. The topological polar surface area (TPSA) is 68.1 Å². The van der Waals surface area contributed by atoms with Gasteiger partial charge in [0.1, 0.15) is 5.82 Å². The molecule has 0 bridgehead atoms. The van der Waals surface area contributed by atoms with Crippen LogP contribution < -0.4 is 5.32 Å². The van der Waals surface area contributed by atoms with Crippen LogP contribution in [-0.4, -0.2) is 17.0 Å². The average molecular weight is 280 g/mol. The highest BCUT2D eigenvalue weighted by atomic mass is 35.5. The number of nitro groups is 1. The summed E-state index contributed by atoms with van der Waals surface area (Å²) < 4.78 is 0. The molecule has 6 heteroatoms. The van der Waals surface area contributed by atoms with Gasteiger partial charge in [-0.3, -0.25) is 10.1 Å². The molecule has 2 aromatic rings. The van der Waals surface area contributed by atoms with E-state index < -0.39 is 4.92 Å². The summed E-state index contributed by atoms with van der Waals surface area (Å²) in [7, 11) is 1.75. The predicted octanol–water partition coefficient (Wildman–Crippen LogP) is 3.96. The first-order valence-electron chi connectivity index (χ1n) is 5.91. The van der Waals surface area contributed by atoms with Crippen LogP contribution in [0.1, 0.15) is 25.3 Å². The summed E-state index contributed by atoms with van der Waals surface area (Å²) in [4.78, 5) is 15.0. The van der Waals surface area contributed by atoms with Crippen LogP contribution in [0.15, 0.2) is 18.2 Å². The summed E-state index contributed by atoms with van der Waals surface area (Å²) in [6, 6.07) is 4.78. The van der Waals surface area contributed by atoms with Gasteiger partial charge in [0.05, 0.1) is 9.95 Å². The molecule has 0 saturated heterocycles. The standard InChI is InChI=1S/C13H14ClN3O2/c1-7(2)8-6-9-10(14)4-5-11(17(18)19)12(9)16-13(8)15-3/h4-7H,1-3H3,(H,15,16). The van der Waals surface area contributed by atoms with Crippen molar-refractivity contribution < 1.29 is 4.92 Å². The number of non-ortho nitro benzene ring substituents is 1. The van der Waals surface area contributed by atoms with Gasteiger partial charge in [0.15, 0.2) is 5.52 Å². The number of rotatable bonds is 3. The van der Waals surface area contributed by atoms with E-state index in [0.29, 0.717) is 21.7 Å². The molecule has 0 unspecified atom stereocenters. The number of halogens is 1. The molecule has 1 heterocycles. The van der Waals surface area contributed by atoms with Gasteiger partial charge in [0.25, 0.3) is 5.69 Å². The molecule has 0 amide bonds. The van der Waals surface area contributed by atoms with Gasteiger partial charge in [-0.2, -0.15) is 0 Å². The lowest BCUT2D eigenvalue weighted by Crippen LogP contribution is -2.02. The molecule has 0 aliphatic carbocycles. The van der Waals surface area contributed by atoms with Gasteiger partial charge in [0, 0.05) is 18.5 Å². The molecule has 0 spiro atoms. The second kappa shape index (κ2) is 5.01. The molecule has 19 heavy (non-hydrogen) atoms. The molecule has 0 aliphatic rings. The summed E-state index contributed by atoms with van der Waals surface area (Å²) in [5.74, 6) is 0.891. The lowest BCUT2D eigenvalue weighted by molar-refractivity contribution is -0.383. The van der Waals surface area contributed by atoms with Crippen molar-refractivity contribution in [3.63, 3.8) is 0 Å². The lowest BCUT2D eigenvalue weighted by atomic mass is 10.0. The van der Waals surface area contributed by atoms with Gasteiger partial charge in [-0.15, -0.1) is 0 Å². The molecule has 1 aromatic heterocycles. The largest absolute Gasteiger partial charge is 0.373 e. The number of nitro benzene ring substituents is 1. The van der Waals surface area contributed by atoms with Gasteiger partial charge in [0.2, 0.25) is 0 Å². The Hall–Kier alpha value is -1.88. The Kier molecular flexibility index (Phi) is 3.57. The quantitative estimate of drug-likeness (QED) is 0.682. The zero-order chi connectivity index (χ0) is 14.2. The molecule has 0 saturated carbocycles. The molecule has 1 N–H and O–H groups in total. The summed E-state index contributed by atoms with van der Waals surface area (Å²) >= 11 is 6.12. The summed E-state index contributed by atoms with van der Waals surface area (Å²) in [6.07, 6.45) is 0. The maximum atomic E-state index is 11.0. The molecule has 5 nitrogen and oxygen atoms in total. The van der Waals surface area contributed by atoms with Gasteiger partial charge >= 0.3 is 0 Å². The van der Waals surface area contributed by atoms with Crippen molar-refractivity contribution in [1.82, 2.24) is 4.98 Å². The van der Waals surface area contributed by atoms with E-state index >= 15 is 0 Å². The Morgan fingerprint density at radius 3 is 2.63 bits per heavy atom. The second-order valence-corrected chi connectivity index (χ2v) is 4.96. The molecular weight excluding hydrogens is 266 g/mol. The number of nitrogens with one attached hydrogen (secondary N) is 1. The van der Waals surface area contributed by atoms with Crippen molar-refractivity contribution in [2.24, 2.45) is 0 Å². The van der Waals surface area contributed by atoms with Crippen LogP contribution in [0, 0.1) is 10.1 Å². The van der Waals surface area contributed by atoms with Crippen molar-refractivity contribution in [2.75, 3.05) is 12.4 Å². The van der Waals surface area contributed by atoms with Gasteiger partial charge in [-0.25, -0.2) is 4.98 Å². The fourth-order valence-corrected chi connectivity index (χ4v) is 2.22. The first kappa shape index (κ1) is 13.5. The monoisotopic (exact) mass is 279 g/mol. The summed E-state index contributed by atoms with van der Waals surface area (Å²) in [6.45, 7) is 4.07. The van der Waals surface area contributed by atoms with Gasteiger partial charge < -0.3 is 5.32 Å². The van der Waals surface area contributed by atoms with Crippen LogP contribution >= 0.6 is 11.6 Å². The molecule has 0 radical (unpaired) electrons. The van der Waals surface area contributed by atoms with Crippen molar-refractivity contribution >= 4 is 34.0 Å². The number of hydrogen-bond donors (Lipinski definition) is 1. The van der Waals surface area contributed by atoms with Crippen LogP contribution in [0.5, 0.6) is 0 Å². The number of pyridine rings is 1. The van der Waals surface area contributed by atoms with Crippen LogP contribution in [0.25, 0.3) is 10.9 Å². The molecule has 1 aromatic carbocycles. The lowest BCUT2D eigenvalue weighted by Gasteiger charge is -2.13. The minimum atomic E-state index is -0.444. The van der Waals surface area contributed by atoms with Gasteiger partial charge in [-0.1, -0.05) is 25.4 Å². The van der Waals surface area contributed by atoms with Crippen molar-refractivity contribution in [1.29, 1.82) is 0 Å². The fraction of sp³-hybridized carbons (Fsp3) is 0.308. The number of aromatic nitrogens is 1. The second-order valence-electron chi connectivity index (χ2n) is 4.55. The first-order valence-corrected chi connectivity index (χ1v) is 6.28. The molecule has 0 atom stereocenters. The Labute approximate surface area is 115 Å². The third-order valence-corrected chi connectivity index (χ3v) is 3.32. The van der Waals surface area contributed by atoms with E-state index in [9.17, 15) is 10.1 Å². The molecule has 2 rings (SSSR count). The summed E-state index contributed by atoms with van der Waals surface area (Å²) in [5, 5.41) is 15.1. The SMILES string of the molecule is CNc1nc2c([N+](=O)[O-])ccc(Cl)c2cc1C(C)C. The third kappa shape index (κ3) is 2.33. The number of anilines is 1. The minimum absolute atomic E-state index is 0.0359. The van der Waals surface area contributed by atoms with Crippen LogP contribution in [0.4, 0.5) is 11.5 Å². The number of hydrogen-bond acceptors (Lipinski definition) is 4. The average Bonchev–Trinajstić information content (AvgIpc) is 2.37. The first-order chi connectivity index (χ1) is 8.95. The Morgan fingerprint density at radius 2 is 2.11 bits per heavy atom. The smallest absolute Gasteiger partial charge is 0.295 e. The van der Waals surface area contributed by atoms with E-state index in [2.05, 4.69) is 10.3 Å². The van der Waals surface area contributed by atoms with E-state index in [4.69, 9.17) is 11.6 Å². The van der Waals surface area contributed by atoms with Crippen LogP contribution in [-0.2, 0) is 0 Å². The Balaban J connectivity index is 2.87. The molecule has 100 valence electrons. The van der Waals surface area contributed by atoms with Crippen molar-refractivity contribution in [3.05, 3.63) is 38.9 Å². The van der Waals surface area contributed by atoms with Gasteiger partial charge in [-0.05, 0) is 23.6 Å². The zero-order valence-corrected chi connectivity index (χ0v) is 11.7. The van der Waals surface area contributed by atoms with E-state index in [0.717, 1.165) is 5.56 Å². The Bertz CT molecular complexity index is 656. The summed E-state index contributed by atoms with van der Waals surface area (Å²) in [5.41, 5.74) is 1.26. The van der Waals surface area contributed by atoms with E-state index in [1.54, 1.807) is 7.05 Å². The van der Waals surface area contributed by atoms with E-state index in [-0.39, 0.29) is 11.6 Å². The molecule has 0 fully saturated rings. The van der Waals surface area contributed by atoms with E-state index in [1.165, 1.54) is 12.1 Å². The number of benzene rings is 1. The number of nitrogens with zero attached hydrogens (tertiary/aromatic N) is 2. The van der Waals surface area contributed by atoms with E-state index in [1.807, 2.05) is 19.9 Å². The predicted molar refractivity (Wildman–Crippen MR) is 77.0 cm³/mol. The Morgan fingerprint density at radius 1 is 1.42 bits per heavy atom. The normalized spacial score (nSPS) is 11.0. The highest BCUT2D eigenvalue weighted by molar-refractivity contribution is 6.35. The molecular formula is C13H14ClN3O2. The molecule has 0 aliphatic heterocycles.